The van der Waals surface area contributed by atoms with Crippen LogP contribution in [0.4, 0.5) is 0 Å². The minimum Gasteiger partial charge on any atom is -0.348 e. The summed E-state index contributed by atoms with van der Waals surface area (Å²) in [6, 6.07) is 8.43. The number of carbonyl (C=O) groups excluding carboxylic acids is 1. The van der Waals surface area contributed by atoms with E-state index >= 15 is 0 Å². The third-order valence-corrected chi connectivity index (χ3v) is 6.37. The van der Waals surface area contributed by atoms with E-state index < -0.39 is 0 Å². The number of likely N-dealkylation sites (tertiary alicyclic amines) is 1. The lowest BCUT2D eigenvalue weighted by molar-refractivity contribution is 0.0881. The molecule has 2 aliphatic rings. The highest BCUT2D eigenvalue weighted by Gasteiger charge is 2.27. The summed E-state index contributed by atoms with van der Waals surface area (Å²) in [6.07, 6.45) is 6.40. The molecule has 0 aliphatic carbocycles. The normalized spacial score (nSPS) is 20.2. The molecule has 0 spiro atoms. The molecule has 0 unspecified atom stereocenters. The zero-order valence-corrected chi connectivity index (χ0v) is 15.7. The van der Waals surface area contributed by atoms with Crippen LogP contribution in [-0.2, 0) is 0 Å². The van der Waals surface area contributed by atoms with E-state index in [9.17, 15) is 4.79 Å². The van der Waals surface area contributed by atoms with Crippen LogP contribution < -0.4 is 5.32 Å². The van der Waals surface area contributed by atoms with Gasteiger partial charge in [-0.15, -0.1) is 0 Å². The highest BCUT2D eigenvalue weighted by molar-refractivity contribution is 7.99. The van der Waals surface area contributed by atoms with Crippen molar-refractivity contribution in [2.45, 2.75) is 37.8 Å². The van der Waals surface area contributed by atoms with E-state index in [4.69, 9.17) is 0 Å². The van der Waals surface area contributed by atoms with Crippen LogP contribution in [0.5, 0.6) is 0 Å². The molecule has 0 atom stereocenters. The summed E-state index contributed by atoms with van der Waals surface area (Å²) >= 11 is 2.07. The van der Waals surface area contributed by atoms with Crippen molar-refractivity contribution in [1.29, 1.82) is 0 Å². The van der Waals surface area contributed by atoms with Gasteiger partial charge in [-0.2, -0.15) is 16.9 Å². The maximum Gasteiger partial charge on any atom is 0.269 e. The van der Waals surface area contributed by atoms with Crippen molar-refractivity contribution in [2.24, 2.45) is 0 Å². The molecule has 7 heteroatoms. The van der Waals surface area contributed by atoms with Crippen molar-refractivity contribution in [2.75, 3.05) is 24.6 Å². The van der Waals surface area contributed by atoms with E-state index in [0.717, 1.165) is 37.7 Å². The molecule has 0 aromatic carbocycles. The van der Waals surface area contributed by atoms with Crippen molar-refractivity contribution in [1.82, 2.24) is 25.4 Å². The van der Waals surface area contributed by atoms with Crippen LogP contribution >= 0.6 is 11.8 Å². The van der Waals surface area contributed by atoms with E-state index in [2.05, 4.69) is 37.2 Å². The molecule has 4 heterocycles. The maximum atomic E-state index is 12.5. The average molecular weight is 372 g/mol. The summed E-state index contributed by atoms with van der Waals surface area (Å²) in [4.78, 5) is 19.4. The van der Waals surface area contributed by atoms with Gasteiger partial charge in [-0.3, -0.25) is 14.9 Å². The van der Waals surface area contributed by atoms with Crippen molar-refractivity contribution >= 4 is 17.7 Å². The Labute approximate surface area is 158 Å². The first-order chi connectivity index (χ1) is 12.8. The van der Waals surface area contributed by atoms with Gasteiger partial charge < -0.3 is 10.2 Å². The van der Waals surface area contributed by atoms with Crippen LogP contribution in [0.15, 0.2) is 30.5 Å². The SMILES string of the molecule is O=C(NC1CCN(C2CCSCC2)CC1)c1cc(-c2ccccn2)n[nH]1. The van der Waals surface area contributed by atoms with Crippen molar-refractivity contribution in [3.63, 3.8) is 0 Å². The molecule has 2 fully saturated rings. The molecule has 138 valence electrons. The van der Waals surface area contributed by atoms with Gasteiger partial charge in [0.1, 0.15) is 11.4 Å². The van der Waals surface area contributed by atoms with E-state index in [-0.39, 0.29) is 11.9 Å². The number of aromatic nitrogens is 3. The smallest absolute Gasteiger partial charge is 0.269 e. The van der Waals surface area contributed by atoms with E-state index in [1.165, 1.54) is 24.3 Å². The molecule has 2 N–H and O–H groups in total. The fourth-order valence-corrected chi connectivity index (χ4v) is 4.89. The predicted octanol–water partition coefficient (Wildman–Crippen LogP) is 2.56. The number of aromatic amines is 1. The van der Waals surface area contributed by atoms with Gasteiger partial charge in [0.15, 0.2) is 0 Å². The molecule has 2 aromatic rings. The lowest BCUT2D eigenvalue weighted by Gasteiger charge is -2.39. The molecule has 6 nitrogen and oxygen atoms in total. The quantitative estimate of drug-likeness (QED) is 0.864. The predicted molar refractivity (Wildman–Crippen MR) is 104 cm³/mol. The van der Waals surface area contributed by atoms with Gasteiger partial charge in [-0.1, -0.05) is 6.07 Å². The summed E-state index contributed by atoms with van der Waals surface area (Å²) < 4.78 is 0. The number of amides is 1. The number of hydrogen-bond donors (Lipinski definition) is 2. The minimum atomic E-state index is -0.0767. The molecule has 2 aliphatic heterocycles. The Hall–Kier alpha value is -1.86. The molecule has 0 bridgehead atoms. The Morgan fingerprint density at radius 2 is 1.96 bits per heavy atom. The van der Waals surface area contributed by atoms with Crippen molar-refractivity contribution in [3.8, 4) is 11.4 Å². The monoisotopic (exact) mass is 371 g/mol. The topological polar surface area (TPSA) is 73.9 Å². The standard InChI is InChI=1S/C19H25N5OS/c25-19(18-13-17(22-23-18)16-3-1-2-8-20-16)21-14-4-9-24(10-5-14)15-6-11-26-12-7-15/h1-3,8,13-15H,4-7,9-12H2,(H,21,25)(H,22,23). The van der Waals surface area contributed by atoms with Crippen LogP contribution in [0.2, 0.25) is 0 Å². The number of rotatable bonds is 4. The summed E-state index contributed by atoms with van der Waals surface area (Å²) in [5.74, 6) is 2.51. The second-order valence-corrected chi connectivity index (χ2v) is 8.23. The van der Waals surface area contributed by atoms with Gasteiger partial charge >= 0.3 is 0 Å². The molecule has 26 heavy (non-hydrogen) atoms. The van der Waals surface area contributed by atoms with E-state index in [1.54, 1.807) is 12.3 Å². The van der Waals surface area contributed by atoms with Gasteiger partial charge in [0, 0.05) is 31.4 Å². The summed E-state index contributed by atoms with van der Waals surface area (Å²) in [7, 11) is 0. The number of H-pyrrole nitrogens is 1. The van der Waals surface area contributed by atoms with Gasteiger partial charge in [-0.05, 0) is 55.4 Å². The molecule has 0 saturated carbocycles. The van der Waals surface area contributed by atoms with Crippen LogP contribution in [0.25, 0.3) is 11.4 Å². The van der Waals surface area contributed by atoms with Crippen LogP contribution in [0, 0.1) is 0 Å². The Morgan fingerprint density at radius 1 is 1.15 bits per heavy atom. The van der Waals surface area contributed by atoms with Crippen LogP contribution in [0.3, 0.4) is 0 Å². The zero-order valence-electron chi connectivity index (χ0n) is 14.9. The fourth-order valence-electron chi connectivity index (χ4n) is 3.81. The number of hydrogen-bond acceptors (Lipinski definition) is 5. The maximum absolute atomic E-state index is 12.5. The fraction of sp³-hybridized carbons (Fsp3) is 0.526. The number of nitrogens with one attached hydrogen (secondary N) is 2. The summed E-state index contributed by atoms with van der Waals surface area (Å²) in [5, 5.41) is 10.2. The van der Waals surface area contributed by atoms with Crippen LogP contribution in [-0.4, -0.2) is 62.7 Å². The molecule has 1 amide bonds. The zero-order chi connectivity index (χ0) is 17.8. The van der Waals surface area contributed by atoms with Gasteiger partial charge in [-0.25, -0.2) is 0 Å². The van der Waals surface area contributed by atoms with Gasteiger partial charge in [0.05, 0.1) is 5.69 Å². The number of piperidine rings is 1. The highest BCUT2D eigenvalue weighted by atomic mass is 32.2. The lowest BCUT2D eigenvalue weighted by atomic mass is 10.0. The molecular formula is C19H25N5OS. The molecular weight excluding hydrogens is 346 g/mol. The Kier molecular flexibility index (Phi) is 5.55. The average Bonchev–Trinajstić information content (AvgIpc) is 3.20. The van der Waals surface area contributed by atoms with Crippen molar-refractivity contribution in [3.05, 3.63) is 36.2 Å². The molecule has 0 radical (unpaired) electrons. The van der Waals surface area contributed by atoms with Crippen LogP contribution in [0.1, 0.15) is 36.2 Å². The van der Waals surface area contributed by atoms with E-state index in [0.29, 0.717) is 11.4 Å². The number of thioether (sulfide) groups is 1. The Morgan fingerprint density at radius 3 is 2.69 bits per heavy atom. The third kappa shape index (κ3) is 4.10. The molecule has 2 saturated heterocycles. The van der Waals surface area contributed by atoms with Crippen molar-refractivity contribution < 1.29 is 4.79 Å². The number of pyridine rings is 1. The molecule has 4 rings (SSSR count). The second-order valence-electron chi connectivity index (χ2n) is 7.01. The highest BCUT2D eigenvalue weighted by Crippen LogP contribution is 2.24. The third-order valence-electron chi connectivity index (χ3n) is 5.32. The first-order valence-electron chi connectivity index (χ1n) is 9.39. The second kappa shape index (κ2) is 8.22. The Bertz CT molecular complexity index is 721. The lowest BCUT2D eigenvalue weighted by Crippen LogP contribution is -2.48. The van der Waals surface area contributed by atoms with Gasteiger partial charge in [0.25, 0.3) is 5.91 Å². The largest absolute Gasteiger partial charge is 0.348 e. The number of carbonyl (C=O) groups is 1. The first-order valence-corrected chi connectivity index (χ1v) is 10.5. The summed E-state index contributed by atoms with van der Waals surface area (Å²) in [5.41, 5.74) is 1.96. The van der Waals surface area contributed by atoms with Gasteiger partial charge in [0.2, 0.25) is 0 Å². The first kappa shape index (κ1) is 17.5. The number of nitrogens with zero attached hydrogens (tertiary/aromatic N) is 3. The minimum absolute atomic E-state index is 0.0767. The molecule has 2 aromatic heterocycles. The van der Waals surface area contributed by atoms with E-state index in [1.807, 2.05) is 18.2 Å². The summed E-state index contributed by atoms with van der Waals surface area (Å²) in [6.45, 7) is 2.17. The Balaban J connectivity index is 1.30.